The number of alkyl halides is 5. The van der Waals surface area contributed by atoms with Crippen molar-refractivity contribution >= 4 is 23.0 Å². The SMILES string of the molecule is Cc1ccc(C(=O)Nc2cccc(C(F)(F)F)c2)cc1[C@@H]1CCN(c2cncc(N3CCC(F)(F)CC3)c2)C1. The number of aromatic nitrogens is 1. The lowest BCUT2D eigenvalue weighted by Crippen LogP contribution is -2.39. The van der Waals surface area contributed by atoms with Crippen molar-refractivity contribution in [1.29, 1.82) is 0 Å². The van der Waals surface area contributed by atoms with Crippen LogP contribution >= 0.6 is 0 Å². The van der Waals surface area contributed by atoms with E-state index in [0.717, 1.165) is 47.6 Å². The number of rotatable bonds is 5. The maximum Gasteiger partial charge on any atom is 0.416 e. The average Bonchev–Trinajstić information content (AvgIpc) is 3.39. The molecule has 2 aliphatic rings. The lowest BCUT2D eigenvalue weighted by atomic mass is 9.92. The standard InChI is InChI=1S/C29H29F5N4O/c1-19-5-6-20(27(39)36-23-4-2-3-22(14-23)29(32,33)34)13-26(19)21-7-10-38(18-21)25-15-24(16-35-17-25)37-11-8-28(30,31)9-12-37/h2-6,13-17,21H,7-12,18H2,1H3,(H,36,39)/t21-/m1/s1. The third-order valence-electron chi connectivity index (χ3n) is 7.55. The predicted molar refractivity (Wildman–Crippen MR) is 141 cm³/mol. The Hall–Kier alpha value is -3.69. The van der Waals surface area contributed by atoms with E-state index in [4.69, 9.17) is 0 Å². The zero-order valence-electron chi connectivity index (χ0n) is 21.4. The van der Waals surface area contributed by atoms with Crippen LogP contribution in [0.1, 0.15) is 52.2 Å². The number of carbonyl (C=O) groups is 1. The highest BCUT2D eigenvalue weighted by Crippen LogP contribution is 2.36. The molecule has 1 atom stereocenters. The van der Waals surface area contributed by atoms with Gasteiger partial charge in [0.1, 0.15) is 0 Å². The first-order valence-corrected chi connectivity index (χ1v) is 12.9. The molecule has 3 aromatic rings. The van der Waals surface area contributed by atoms with Crippen LogP contribution < -0.4 is 15.1 Å². The minimum Gasteiger partial charge on any atom is -0.370 e. The average molecular weight is 545 g/mol. The molecule has 5 nitrogen and oxygen atoms in total. The minimum atomic E-state index is -4.50. The fraction of sp³-hybridized carbons (Fsp3) is 0.379. The fourth-order valence-electron chi connectivity index (χ4n) is 5.30. The third-order valence-corrected chi connectivity index (χ3v) is 7.55. The summed E-state index contributed by atoms with van der Waals surface area (Å²) in [6.45, 7) is 4.02. The predicted octanol–water partition coefficient (Wildman–Crippen LogP) is 6.89. The van der Waals surface area contributed by atoms with Crippen LogP contribution in [0.15, 0.2) is 60.9 Å². The van der Waals surface area contributed by atoms with Gasteiger partial charge in [-0.3, -0.25) is 9.78 Å². The highest BCUT2D eigenvalue weighted by atomic mass is 19.4. The smallest absolute Gasteiger partial charge is 0.370 e. The lowest BCUT2D eigenvalue weighted by molar-refractivity contribution is -0.137. The Morgan fingerprint density at radius 2 is 1.69 bits per heavy atom. The van der Waals surface area contributed by atoms with Gasteiger partial charge < -0.3 is 15.1 Å². The highest BCUT2D eigenvalue weighted by molar-refractivity contribution is 6.04. The molecule has 5 rings (SSSR count). The number of hydrogen-bond acceptors (Lipinski definition) is 4. The van der Waals surface area contributed by atoms with Crippen molar-refractivity contribution in [2.24, 2.45) is 0 Å². The van der Waals surface area contributed by atoms with E-state index >= 15 is 0 Å². The largest absolute Gasteiger partial charge is 0.416 e. The molecular weight excluding hydrogens is 515 g/mol. The molecule has 1 amide bonds. The van der Waals surface area contributed by atoms with Crippen molar-refractivity contribution < 1.29 is 26.7 Å². The van der Waals surface area contributed by atoms with E-state index in [1.54, 1.807) is 18.5 Å². The number of anilines is 3. The van der Waals surface area contributed by atoms with Gasteiger partial charge in [0.15, 0.2) is 0 Å². The summed E-state index contributed by atoms with van der Waals surface area (Å²) in [7, 11) is 0. The van der Waals surface area contributed by atoms with Gasteiger partial charge in [0.05, 0.1) is 29.3 Å². The summed E-state index contributed by atoms with van der Waals surface area (Å²) >= 11 is 0. The summed E-state index contributed by atoms with van der Waals surface area (Å²) in [6.07, 6.45) is -0.503. The summed E-state index contributed by atoms with van der Waals surface area (Å²) in [4.78, 5) is 21.4. The van der Waals surface area contributed by atoms with Gasteiger partial charge in [0.25, 0.3) is 11.8 Å². The van der Waals surface area contributed by atoms with E-state index in [1.807, 2.05) is 30.0 Å². The first kappa shape index (κ1) is 26.9. The maximum absolute atomic E-state index is 13.6. The van der Waals surface area contributed by atoms with E-state index in [9.17, 15) is 26.7 Å². The lowest BCUT2D eigenvalue weighted by Gasteiger charge is -2.33. The van der Waals surface area contributed by atoms with Crippen LogP contribution in [0.4, 0.5) is 39.0 Å². The first-order chi connectivity index (χ1) is 18.5. The molecule has 39 heavy (non-hydrogen) atoms. The molecule has 206 valence electrons. The second-order valence-corrected chi connectivity index (χ2v) is 10.3. The van der Waals surface area contributed by atoms with Gasteiger partial charge in [-0.05, 0) is 60.9 Å². The maximum atomic E-state index is 13.6. The summed E-state index contributed by atoms with van der Waals surface area (Å²) < 4.78 is 66.3. The molecule has 1 aromatic heterocycles. The number of amides is 1. The second-order valence-electron chi connectivity index (χ2n) is 10.3. The van der Waals surface area contributed by atoms with Crippen molar-refractivity contribution in [2.75, 3.05) is 41.3 Å². The normalized spacial score (nSPS) is 19.3. The number of halogens is 5. The van der Waals surface area contributed by atoms with E-state index in [1.165, 1.54) is 12.1 Å². The zero-order chi connectivity index (χ0) is 27.8. The van der Waals surface area contributed by atoms with Crippen LogP contribution in [-0.4, -0.2) is 43.0 Å². The number of hydrogen-bond donors (Lipinski definition) is 1. The van der Waals surface area contributed by atoms with Crippen LogP contribution in [-0.2, 0) is 6.18 Å². The zero-order valence-corrected chi connectivity index (χ0v) is 21.4. The molecule has 0 saturated carbocycles. The number of piperidine rings is 1. The number of nitrogens with one attached hydrogen (secondary N) is 1. The molecular formula is C29H29F5N4O. The Morgan fingerprint density at radius 3 is 2.41 bits per heavy atom. The molecule has 0 unspecified atom stereocenters. The van der Waals surface area contributed by atoms with Crippen LogP contribution in [0.2, 0.25) is 0 Å². The molecule has 0 aliphatic carbocycles. The van der Waals surface area contributed by atoms with Crippen molar-refractivity contribution in [1.82, 2.24) is 4.98 Å². The first-order valence-electron chi connectivity index (χ1n) is 12.9. The summed E-state index contributed by atoms with van der Waals surface area (Å²) in [5.74, 6) is -2.95. The molecule has 0 radical (unpaired) electrons. The molecule has 2 saturated heterocycles. The summed E-state index contributed by atoms with van der Waals surface area (Å²) in [5, 5.41) is 2.58. The van der Waals surface area contributed by atoms with Gasteiger partial charge >= 0.3 is 6.18 Å². The van der Waals surface area contributed by atoms with Crippen molar-refractivity contribution in [3.8, 4) is 0 Å². The molecule has 10 heteroatoms. The van der Waals surface area contributed by atoms with Gasteiger partial charge in [-0.25, -0.2) is 8.78 Å². The Labute approximate surface area is 223 Å². The van der Waals surface area contributed by atoms with E-state index in [-0.39, 0.29) is 37.5 Å². The Bertz CT molecular complexity index is 1350. The number of pyridine rings is 1. The highest BCUT2D eigenvalue weighted by Gasteiger charge is 2.34. The molecule has 3 heterocycles. The van der Waals surface area contributed by atoms with Crippen molar-refractivity contribution in [2.45, 2.75) is 44.2 Å². The van der Waals surface area contributed by atoms with Gasteiger partial charge in [-0.15, -0.1) is 0 Å². The van der Waals surface area contributed by atoms with Crippen LogP contribution in [0, 0.1) is 6.92 Å². The number of carbonyl (C=O) groups excluding carboxylic acids is 1. The van der Waals surface area contributed by atoms with Crippen LogP contribution in [0.5, 0.6) is 0 Å². The number of aryl methyl sites for hydroxylation is 1. The quantitative estimate of drug-likeness (QED) is 0.356. The molecule has 1 N–H and O–H groups in total. The van der Waals surface area contributed by atoms with Crippen LogP contribution in [0.3, 0.4) is 0 Å². The fourth-order valence-corrected chi connectivity index (χ4v) is 5.30. The van der Waals surface area contributed by atoms with E-state index in [2.05, 4.69) is 15.2 Å². The third kappa shape index (κ3) is 6.15. The summed E-state index contributed by atoms with van der Waals surface area (Å²) in [5.41, 5.74) is 3.41. The monoisotopic (exact) mass is 544 g/mol. The topological polar surface area (TPSA) is 48.5 Å². The number of nitrogens with zero attached hydrogens (tertiary/aromatic N) is 3. The summed E-state index contributed by atoms with van der Waals surface area (Å²) in [6, 6.07) is 11.9. The molecule has 2 aromatic carbocycles. The molecule has 0 spiro atoms. The Kier molecular flexibility index (Phi) is 7.22. The van der Waals surface area contributed by atoms with Gasteiger partial charge in [0, 0.05) is 56.2 Å². The van der Waals surface area contributed by atoms with E-state index in [0.29, 0.717) is 12.1 Å². The van der Waals surface area contributed by atoms with Crippen LogP contribution in [0.25, 0.3) is 0 Å². The Morgan fingerprint density at radius 1 is 0.974 bits per heavy atom. The van der Waals surface area contributed by atoms with Gasteiger partial charge in [-0.1, -0.05) is 12.1 Å². The molecule has 2 aliphatic heterocycles. The van der Waals surface area contributed by atoms with Gasteiger partial charge in [0.2, 0.25) is 0 Å². The second kappa shape index (κ2) is 10.5. The van der Waals surface area contributed by atoms with Crippen molar-refractivity contribution in [3.63, 3.8) is 0 Å². The van der Waals surface area contributed by atoms with Crippen molar-refractivity contribution in [3.05, 3.63) is 83.2 Å². The molecule has 0 bridgehead atoms. The number of benzene rings is 2. The molecule has 2 fully saturated rings. The van der Waals surface area contributed by atoms with E-state index < -0.39 is 23.6 Å². The Balaban J connectivity index is 1.28. The minimum absolute atomic E-state index is 0.0776. The van der Waals surface area contributed by atoms with Gasteiger partial charge in [-0.2, -0.15) is 13.2 Å².